The first-order chi connectivity index (χ1) is 17.3. The summed E-state index contributed by atoms with van der Waals surface area (Å²) in [5.74, 6) is -0.0200. The van der Waals surface area contributed by atoms with E-state index in [1.54, 1.807) is 35.1 Å². The molecule has 4 aromatic rings. The van der Waals surface area contributed by atoms with E-state index in [1.807, 2.05) is 36.4 Å². The molecule has 0 bridgehead atoms. The van der Waals surface area contributed by atoms with E-state index in [0.29, 0.717) is 22.6 Å². The molecule has 182 valence electrons. The summed E-state index contributed by atoms with van der Waals surface area (Å²) in [4.78, 5) is 12.8. The van der Waals surface area contributed by atoms with Crippen LogP contribution in [0.4, 0.5) is 0 Å². The average molecular weight is 502 g/mol. The number of nitriles is 1. The lowest BCUT2D eigenvalue weighted by molar-refractivity contribution is -0.117. The van der Waals surface area contributed by atoms with Crippen molar-refractivity contribution in [2.75, 3.05) is 14.1 Å². The Balaban J connectivity index is 1.78. The average Bonchev–Trinajstić information content (AvgIpc) is 3.56. The van der Waals surface area contributed by atoms with Gasteiger partial charge in [-0.25, -0.2) is 17.4 Å². The third-order valence-corrected chi connectivity index (χ3v) is 7.13. The normalized spacial score (nSPS) is 11.9. The van der Waals surface area contributed by atoms with Crippen LogP contribution >= 0.6 is 0 Å². The van der Waals surface area contributed by atoms with Crippen LogP contribution in [0.25, 0.3) is 23.0 Å². The summed E-state index contributed by atoms with van der Waals surface area (Å²) < 4.78 is 33.4. The van der Waals surface area contributed by atoms with Crippen molar-refractivity contribution in [1.82, 2.24) is 19.4 Å². The Morgan fingerprint density at radius 3 is 2.58 bits per heavy atom. The summed E-state index contributed by atoms with van der Waals surface area (Å²) in [5.41, 5.74) is 2.04. The van der Waals surface area contributed by atoms with E-state index in [4.69, 9.17) is 4.42 Å². The second kappa shape index (κ2) is 10.4. The summed E-state index contributed by atoms with van der Waals surface area (Å²) in [5, 5.41) is 17.0. The molecule has 0 aliphatic carbocycles. The summed E-state index contributed by atoms with van der Waals surface area (Å²) in [6.45, 7) is 0.130. The lowest BCUT2D eigenvalue weighted by atomic mass is 10.1. The van der Waals surface area contributed by atoms with Gasteiger partial charge >= 0.3 is 0 Å². The standard InChI is InChI=1S/C26H23N5O4S/c1-30(2)36(33,34)24-12-6-8-19(15-24)25-21(18-31(29-25)22-9-4-3-5-10-22)14-20(16-27)26(32)28-17-23-11-7-13-35-23/h3-15,18H,17H2,1-2H3,(H,28,32). The molecule has 2 aromatic heterocycles. The lowest BCUT2D eigenvalue weighted by Gasteiger charge is -2.12. The van der Waals surface area contributed by atoms with Crippen molar-refractivity contribution >= 4 is 22.0 Å². The Labute approximate surface area is 208 Å². The number of hydrogen-bond donors (Lipinski definition) is 1. The van der Waals surface area contributed by atoms with E-state index in [-0.39, 0.29) is 17.0 Å². The van der Waals surface area contributed by atoms with Gasteiger partial charge in [0.1, 0.15) is 23.1 Å². The number of aromatic nitrogens is 2. The van der Waals surface area contributed by atoms with Crippen LogP contribution in [0.5, 0.6) is 0 Å². The molecule has 0 unspecified atom stereocenters. The Morgan fingerprint density at radius 2 is 1.92 bits per heavy atom. The number of para-hydroxylation sites is 1. The van der Waals surface area contributed by atoms with Crippen LogP contribution in [0.1, 0.15) is 11.3 Å². The molecule has 4 rings (SSSR count). The molecule has 10 heteroatoms. The number of sulfonamides is 1. The third kappa shape index (κ3) is 5.27. The predicted molar refractivity (Wildman–Crippen MR) is 134 cm³/mol. The molecule has 0 spiro atoms. The SMILES string of the molecule is CN(C)S(=O)(=O)c1cccc(-c2nn(-c3ccccc3)cc2C=C(C#N)C(=O)NCc2ccco2)c1. The maximum absolute atomic E-state index is 12.7. The molecule has 0 aliphatic rings. The van der Waals surface area contributed by atoms with Gasteiger partial charge in [-0.1, -0.05) is 30.3 Å². The van der Waals surface area contributed by atoms with Gasteiger partial charge in [0.05, 0.1) is 23.4 Å². The molecule has 0 atom stereocenters. The molecular weight excluding hydrogens is 478 g/mol. The van der Waals surface area contributed by atoms with Gasteiger partial charge in [0.25, 0.3) is 5.91 Å². The number of benzene rings is 2. The minimum atomic E-state index is -3.68. The highest BCUT2D eigenvalue weighted by molar-refractivity contribution is 7.89. The number of amides is 1. The van der Waals surface area contributed by atoms with Gasteiger partial charge < -0.3 is 9.73 Å². The number of carbonyl (C=O) groups excluding carboxylic acids is 1. The van der Waals surface area contributed by atoms with E-state index < -0.39 is 15.9 Å². The van der Waals surface area contributed by atoms with Crippen molar-refractivity contribution < 1.29 is 17.6 Å². The van der Waals surface area contributed by atoms with Crippen LogP contribution in [0.2, 0.25) is 0 Å². The van der Waals surface area contributed by atoms with Crippen LogP contribution in [0.15, 0.2) is 94.1 Å². The topological polar surface area (TPSA) is 121 Å². The summed E-state index contributed by atoms with van der Waals surface area (Å²) in [6, 6.07) is 21.1. The first-order valence-electron chi connectivity index (χ1n) is 10.9. The van der Waals surface area contributed by atoms with Gasteiger partial charge in [0.2, 0.25) is 10.0 Å². The summed E-state index contributed by atoms with van der Waals surface area (Å²) >= 11 is 0. The number of nitrogens with one attached hydrogen (secondary N) is 1. The highest BCUT2D eigenvalue weighted by Crippen LogP contribution is 2.28. The largest absolute Gasteiger partial charge is 0.467 e. The van der Waals surface area contributed by atoms with Gasteiger partial charge in [-0.15, -0.1) is 0 Å². The maximum atomic E-state index is 12.7. The second-order valence-corrected chi connectivity index (χ2v) is 10.1. The number of hydrogen-bond acceptors (Lipinski definition) is 6. The van der Waals surface area contributed by atoms with Gasteiger partial charge in [0.15, 0.2) is 0 Å². The minimum Gasteiger partial charge on any atom is -0.467 e. The van der Waals surface area contributed by atoms with Crippen molar-refractivity contribution in [3.63, 3.8) is 0 Å². The fourth-order valence-electron chi connectivity index (χ4n) is 3.42. The van der Waals surface area contributed by atoms with E-state index >= 15 is 0 Å². The van der Waals surface area contributed by atoms with Crippen molar-refractivity contribution in [1.29, 1.82) is 5.26 Å². The zero-order valence-corrected chi connectivity index (χ0v) is 20.4. The number of carbonyl (C=O) groups is 1. The maximum Gasteiger partial charge on any atom is 0.262 e. The summed E-state index contributed by atoms with van der Waals surface area (Å²) in [7, 11) is -0.759. The number of nitrogens with zero attached hydrogens (tertiary/aromatic N) is 4. The quantitative estimate of drug-likeness (QED) is 0.291. The van der Waals surface area contributed by atoms with Gasteiger partial charge in [0, 0.05) is 31.4 Å². The van der Waals surface area contributed by atoms with Gasteiger partial charge in [-0.3, -0.25) is 4.79 Å². The molecule has 0 fully saturated rings. The minimum absolute atomic E-state index is 0.103. The smallest absolute Gasteiger partial charge is 0.262 e. The zero-order chi connectivity index (χ0) is 25.7. The Morgan fingerprint density at radius 1 is 1.14 bits per heavy atom. The van der Waals surface area contributed by atoms with Gasteiger partial charge in [-0.05, 0) is 42.5 Å². The number of rotatable bonds is 8. The molecule has 2 heterocycles. The van der Waals surface area contributed by atoms with Crippen molar-refractivity contribution in [2.45, 2.75) is 11.4 Å². The Hall–Kier alpha value is -4.46. The molecule has 1 amide bonds. The van der Waals surface area contributed by atoms with Crippen molar-refractivity contribution in [3.8, 4) is 23.0 Å². The predicted octanol–water partition coefficient (Wildman–Crippen LogP) is 3.61. The molecule has 0 radical (unpaired) electrons. The van der Waals surface area contributed by atoms with Crippen LogP contribution in [0, 0.1) is 11.3 Å². The highest BCUT2D eigenvalue weighted by atomic mass is 32.2. The van der Waals surface area contributed by atoms with E-state index in [0.717, 1.165) is 9.99 Å². The molecule has 0 saturated heterocycles. The van der Waals surface area contributed by atoms with Crippen LogP contribution in [-0.2, 0) is 21.4 Å². The molecule has 0 saturated carbocycles. The molecule has 0 aliphatic heterocycles. The summed E-state index contributed by atoms with van der Waals surface area (Å²) in [6.07, 6.45) is 4.62. The zero-order valence-electron chi connectivity index (χ0n) is 19.6. The molecule has 36 heavy (non-hydrogen) atoms. The van der Waals surface area contributed by atoms with E-state index in [9.17, 15) is 18.5 Å². The monoisotopic (exact) mass is 501 g/mol. The van der Waals surface area contributed by atoms with Crippen LogP contribution in [-0.4, -0.2) is 42.5 Å². The van der Waals surface area contributed by atoms with Crippen LogP contribution < -0.4 is 5.32 Å². The lowest BCUT2D eigenvalue weighted by Crippen LogP contribution is -2.23. The fraction of sp³-hybridized carbons (Fsp3) is 0.115. The Bertz CT molecular complexity index is 1550. The highest BCUT2D eigenvalue weighted by Gasteiger charge is 2.20. The Kier molecular flexibility index (Phi) is 7.15. The first kappa shape index (κ1) is 24.7. The second-order valence-electron chi connectivity index (χ2n) is 7.96. The molecular formula is C26H23N5O4S. The molecule has 9 nitrogen and oxygen atoms in total. The third-order valence-electron chi connectivity index (χ3n) is 5.32. The molecule has 1 N–H and O–H groups in total. The van der Waals surface area contributed by atoms with E-state index in [2.05, 4.69) is 10.4 Å². The van der Waals surface area contributed by atoms with Crippen molar-refractivity contribution in [3.05, 3.63) is 96.1 Å². The van der Waals surface area contributed by atoms with Gasteiger partial charge in [-0.2, -0.15) is 10.4 Å². The van der Waals surface area contributed by atoms with E-state index in [1.165, 1.54) is 38.6 Å². The fourth-order valence-corrected chi connectivity index (χ4v) is 4.37. The van der Waals surface area contributed by atoms with Crippen LogP contribution in [0.3, 0.4) is 0 Å². The van der Waals surface area contributed by atoms with Crippen molar-refractivity contribution in [2.24, 2.45) is 0 Å². The molecule has 2 aromatic carbocycles. The number of furan rings is 1. The first-order valence-corrected chi connectivity index (χ1v) is 12.3.